The molecular weight excluding hydrogens is 238 g/mol. The number of aliphatic imine (C=N–C) groups is 1. The lowest BCUT2D eigenvalue weighted by Crippen LogP contribution is -2.40. The van der Waals surface area contributed by atoms with Crippen molar-refractivity contribution in [3.63, 3.8) is 0 Å². The third kappa shape index (κ3) is 5.20. The average Bonchev–Trinajstić information content (AvgIpc) is 3.22. The van der Waals surface area contributed by atoms with Gasteiger partial charge in [0.2, 0.25) is 0 Å². The van der Waals surface area contributed by atoms with Crippen molar-refractivity contribution in [2.75, 3.05) is 26.7 Å². The van der Waals surface area contributed by atoms with Crippen molar-refractivity contribution in [2.45, 2.75) is 19.8 Å². The molecule has 0 unspecified atom stereocenters. The lowest BCUT2D eigenvalue weighted by molar-refractivity contribution is 0.321. The number of rotatable bonds is 6. The highest BCUT2D eigenvalue weighted by Gasteiger charge is 2.20. The highest BCUT2D eigenvalue weighted by Crippen LogP contribution is 2.27. The molecule has 0 aromatic heterocycles. The van der Waals surface area contributed by atoms with Gasteiger partial charge < -0.3 is 15.4 Å². The topological polar surface area (TPSA) is 45.7 Å². The Kier molecular flexibility index (Phi) is 5.07. The van der Waals surface area contributed by atoms with Gasteiger partial charge in [-0.25, -0.2) is 0 Å². The summed E-state index contributed by atoms with van der Waals surface area (Å²) in [7, 11) is 1.80. The van der Waals surface area contributed by atoms with E-state index in [-0.39, 0.29) is 0 Å². The molecule has 0 aliphatic heterocycles. The van der Waals surface area contributed by atoms with E-state index in [1.165, 1.54) is 18.4 Å². The largest absolute Gasteiger partial charge is 0.492 e. The van der Waals surface area contributed by atoms with Gasteiger partial charge in [0.05, 0.1) is 6.54 Å². The molecular formula is C15H23N3O. The molecule has 1 saturated carbocycles. The predicted octanol–water partition coefficient (Wildman–Crippen LogP) is 1.95. The van der Waals surface area contributed by atoms with Crippen molar-refractivity contribution in [3.8, 4) is 5.75 Å². The lowest BCUT2D eigenvalue weighted by atomic mass is 10.2. The minimum Gasteiger partial charge on any atom is -0.492 e. The number of ether oxygens (including phenoxy) is 1. The van der Waals surface area contributed by atoms with Crippen molar-refractivity contribution in [1.82, 2.24) is 10.6 Å². The number of benzene rings is 1. The second-order valence-corrected chi connectivity index (χ2v) is 4.99. The van der Waals surface area contributed by atoms with E-state index in [0.717, 1.165) is 30.7 Å². The molecule has 0 bridgehead atoms. The molecule has 0 saturated heterocycles. The molecule has 1 aromatic rings. The van der Waals surface area contributed by atoms with Gasteiger partial charge >= 0.3 is 0 Å². The van der Waals surface area contributed by atoms with Crippen LogP contribution in [0.25, 0.3) is 0 Å². The minimum absolute atomic E-state index is 0.633. The molecule has 0 spiro atoms. The van der Waals surface area contributed by atoms with Crippen molar-refractivity contribution in [1.29, 1.82) is 0 Å². The third-order valence-electron chi connectivity index (χ3n) is 3.13. The van der Waals surface area contributed by atoms with Gasteiger partial charge in [0, 0.05) is 13.6 Å². The Balaban J connectivity index is 1.62. The van der Waals surface area contributed by atoms with Crippen LogP contribution in [0, 0.1) is 12.8 Å². The Morgan fingerprint density at radius 2 is 2.21 bits per heavy atom. The fourth-order valence-electron chi connectivity index (χ4n) is 1.83. The second-order valence-electron chi connectivity index (χ2n) is 4.99. The standard InChI is InChI=1S/C15H23N3O/c1-12-4-3-5-14(10-12)19-9-8-17-15(16-2)18-11-13-6-7-13/h3-5,10,13H,6-9,11H2,1-2H3,(H2,16,17,18). The van der Waals surface area contributed by atoms with E-state index in [2.05, 4.69) is 28.6 Å². The van der Waals surface area contributed by atoms with E-state index >= 15 is 0 Å². The molecule has 0 radical (unpaired) electrons. The predicted molar refractivity (Wildman–Crippen MR) is 78.8 cm³/mol. The molecule has 1 aromatic carbocycles. The van der Waals surface area contributed by atoms with Crippen LogP contribution in [0.3, 0.4) is 0 Å². The Labute approximate surface area is 115 Å². The Hall–Kier alpha value is -1.71. The van der Waals surface area contributed by atoms with Crippen LogP contribution >= 0.6 is 0 Å². The summed E-state index contributed by atoms with van der Waals surface area (Å²) in [4.78, 5) is 4.19. The summed E-state index contributed by atoms with van der Waals surface area (Å²) in [5.41, 5.74) is 1.22. The Bertz CT molecular complexity index is 427. The molecule has 0 atom stereocenters. The first-order valence-corrected chi connectivity index (χ1v) is 6.92. The van der Waals surface area contributed by atoms with Crippen molar-refractivity contribution in [2.24, 2.45) is 10.9 Å². The molecule has 104 valence electrons. The monoisotopic (exact) mass is 261 g/mol. The van der Waals surface area contributed by atoms with Gasteiger partial charge in [0.15, 0.2) is 5.96 Å². The van der Waals surface area contributed by atoms with E-state index in [1.54, 1.807) is 7.05 Å². The number of aryl methyl sites for hydroxylation is 1. The maximum atomic E-state index is 5.67. The van der Waals surface area contributed by atoms with Crippen LogP contribution in [0.2, 0.25) is 0 Å². The lowest BCUT2D eigenvalue weighted by Gasteiger charge is -2.12. The van der Waals surface area contributed by atoms with Crippen molar-refractivity contribution in [3.05, 3.63) is 29.8 Å². The number of nitrogens with zero attached hydrogens (tertiary/aromatic N) is 1. The number of guanidine groups is 1. The molecule has 4 nitrogen and oxygen atoms in total. The molecule has 0 heterocycles. The van der Waals surface area contributed by atoms with E-state index in [9.17, 15) is 0 Å². The summed E-state index contributed by atoms with van der Waals surface area (Å²) < 4.78 is 5.67. The van der Waals surface area contributed by atoms with Gasteiger partial charge in [-0.1, -0.05) is 12.1 Å². The van der Waals surface area contributed by atoms with Crippen LogP contribution in [-0.4, -0.2) is 32.7 Å². The smallest absolute Gasteiger partial charge is 0.191 e. The van der Waals surface area contributed by atoms with Gasteiger partial charge in [-0.3, -0.25) is 4.99 Å². The first-order valence-electron chi connectivity index (χ1n) is 6.92. The first-order chi connectivity index (χ1) is 9.28. The molecule has 2 N–H and O–H groups in total. The fraction of sp³-hybridized carbons (Fsp3) is 0.533. The first kappa shape index (κ1) is 13.7. The zero-order chi connectivity index (χ0) is 13.5. The summed E-state index contributed by atoms with van der Waals surface area (Å²) >= 11 is 0. The summed E-state index contributed by atoms with van der Waals surface area (Å²) in [5, 5.41) is 6.57. The van der Waals surface area contributed by atoms with Crippen LogP contribution in [0.15, 0.2) is 29.3 Å². The second kappa shape index (κ2) is 7.02. The van der Waals surface area contributed by atoms with E-state index in [1.807, 2.05) is 18.2 Å². The molecule has 1 aliphatic rings. The Morgan fingerprint density at radius 3 is 2.89 bits per heavy atom. The summed E-state index contributed by atoms with van der Waals surface area (Å²) in [5.74, 6) is 2.63. The Morgan fingerprint density at radius 1 is 1.37 bits per heavy atom. The van der Waals surface area contributed by atoms with Gasteiger partial charge in [-0.2, -0.15) is 0 Å². The number of hydrogen-bond donors (Lipinski definition) is 2. The van der Waals surface area contributed by atoms with Crippen LogP contribution in [-0.2, 0) is 0 Å². The highest BCUT2D eigenvalue weighted by atomic mass is 16.5. The van der Waals surface area contributed by atoms with Crippen molar-refractivity contribution < 1.29 is 4.74 Å². The van der Waals surface area contributed by atoms with Crippen LogP contribution in [0.4, 0.5) is 0 Å². The van der Waals surface area contributed by atoms with E-state index in [4.69, 9.17) is 4.74 Å². The SMILES string of the molecule is CN=C(NCCOc1cccc(C)c1)NCC1CC1. The molecule has 4 heteroatoms. The van der Waals surface area contributed by atoms with Crippen LogP contribution in [0.1, 0.15) is 18.4 Å². The van der Waals surface area contributed by atoms with Gasteiger partial charge in [-0.05, 0) is 43.4 Å². The van der Waals surface area contributed by atoms with Gasteiger partial charge in [0.25, 0.3) is 0 Å². The maximum Gasteiger partial charge on any atom is 0.191 e. The number of hydrogen-bond acceptors (Lipinski definition) is 2. The number of nitrogens with one attached hydrogen (secondary N) is 2. The summed E-state index contributed by atoms with van der Waals surface area (Å²) in [6.45, 7) is 4.47. The molecule has 2 rings (SSSR count). The molecule has 19 heavy (non-hydrogen) atoms. The molecule has 1 aliphatic carbocycles. The molecule has 0 amide bonds. The van der Waals surface area contributed by atoms with E-state index in [0.29, 0.717) is 6.61 Å². The summed E-state index contributed by atoms with van der Waals surface area (Å²) in [6.07, 6.45) is 2.70. The minimum atomic E-state index is 0.633. The van der Waals surface area contributed by atoms with Gasteiger partial charge in [0.1, 0.15) is 12.4 Å². The van der Waals surface area contributed by atoms with Crippen LogP contribution < -0.4 is 15.4 Å². The fourth-order valence-corrected chi connectivity index (χ4v) is 1.83. The summed E-state index contributed by atoms with van der Waals surface area (Å²) in [6, 6.07) is 8.09. The normalized spacial score (nSPS) is 15.2. The van der Waals surface area contributed by atoms with Crippen molar-refractivity contribution >= 4 is 5.96 Å². The van der Waals surface area contributed by atoms with E-state index < -0.39 is 0 Å². The van der Waals surface area contributed by atoms with Crippen LogP contribution in [0.5, 0.6) is 5.75 Å². The molecule has 1 fully saturated rings. The maximum absolute atomic E-state index is 5.67. The van der Waals surface area contributed by atoms with Gasteiger partial charge in [-0.15, -0.1) is 0 Å². The highest BCUT2D eigenvalue weighted by molar-refractivity contribution is 5.79. The zero-order valence-electron chi connectivity index (χ0n) is 11.8. The zero-order valence-corrected chi connectivity index (χ0v) is 11.8. The average molecular weight is 261 g/mol. The quantitative estimate of drug-likeness (QED) is 0.467. The third-order valence-corrected chi connectivity index (χ3v) is 3.13.